The number of carbonyl (C=O) groups is 1. The van der Waals surface area contributed by atoms with Crippen LogP contribution < -0.4 is 14.9 Å². The van der Waals surface area contributed by atoms with Gasteiger partial charge in [0.25, 0.3) is 5.91 Å². The third-order valence-electron chi connectivity index (χ3n) is 3.94. The van der Waals surface area contributed by atoms with Gasteiger partial charge in [0.05, 0.1) is 6.21 Å². The molecule has 142 valence electrons. The minimum atomic E-state index is -0.677. The molecule has 3 rings (SSSR count). The van der Waals surface area contributed by atoms with Gasteiger partial charge in [-0.2, -0.15) is 5.10 Å². The minimum absolute atomic E-state index is 0.323. The SMILES string of the molecule is C[C@@H](Oc1ccc(OCc2ccccc2)cc1)C(=O)N/N=C\c1ccccc1. The van der Waals surface area contributed by atoms with E-state index in [9.17, 15) is 4.79 Å². The van der Waals surface area contributed by atoms with Gasteiger partial charge in [0, 0.05) is 0 Å². The molecule has 1 N–H and O–H groups in total. The molecule has 0 fully saturated rings. The first-order chi connectivity index (χ1) is 13.7. The Hall–Kier alpha value is -3.60. The van der Waals surface area contributed by atoms with E-state index in [0.29, 0.717) is 12.4 Å². The summed E-state index contributed by atoms with van der Waals surface area (Å²) in [5.74, 6) is 0.999. The van der Waals surface area contributed by atoms with Crippen molar-refractivity contribution in [1.82, 2.24) is 5.43 Å². The van der Waals surface area contributed by atoms with Gasteiger partial charge in [-0.05, 0) is 42.3 Å². The summed E-state index contributed by atoms with van der Waals surface area (Å²) in [7, 11) is 0. The Morgan fingerprint density at radius 1 is 0.929 bits per heavy atom. The lowest BCUT2D eigenvalue weighted by Crippen LogP contribution is -2.33. The highest BCUT2D eigenvalue weighted by Gasteiger charge is 2.13. The van der Waals surface area contributed by atoms with Crippen LogP contribution in [0.5, 0.6) is 11.5 Å². The molecule has 0 unspecified atom stereocenters. The summed E-state index contributed by atoms with van der Waals surface area (Å²) in [5, 5.41) is 3.95. The molecule has 0 aliphatic rings. The summed E-state index contributed by atoms with van der Waals surface area (Å²) in [6.45, 7) is 2.17. The van der Waals surface area contributed by atoms with Crippen LogP contribution in [0.1, 0.15) is 18.1 Å². The highest BCUT2D eigenvalue weighted by molar-refractivity contribution is 5.84. The van der Waals surface area contributed by atoms with Crippen molar-refractivity contribution in [3.8, 4) is 11.5 Å². The second kappa shape index (κ2) is 9.92. The van der Waals surface area contributed by atoms with Gasteiger partial charge in [0.1, 0.15) is 18.1 Å². The molecule has 0 aliphatic heterocycles. The van der Waals surface area contributed by atoms with Crippen LogP contribution >= 0.6 is 0 Å². The highest BCUT2D eigenvalue weighted by Crippen LogP contribution is 2.19. The van der Waals surface area contributed by atoms with Gasteiger partial charge in [-0.1, -0.05) is 60.7 Å². The zero-order valence-electron chi connectivity index (χ0n) is 15.6. The predicted octanol–water partition coefficient (Wildman–Crippen LogP) is 4.18. The number of hydrazone groups is 1. The maximum absolute atomic E-state index is 12.1. The molecule has 0 saturated carbocycles. The van der Waals surface area contributed by atoms with Crippen molar-refractivity contribution in [3.05, 3.63) is 96.1 Å². The van der Waals surface area contributed by atoms with Crippen LogP contribution in [-0.2, 0) is 11.4 Å². The zero-order valence-corrected chi connectivity index (χ0v) is 15.6. The van der Waals surface area contributed by atoms with Gasteiger partial charge in [-0.25, -0.2) is 5.43 Å². The fraction of sp³-hybridized carbons (Fsp3) is 0.130. The quantitative estimate of drug-likeness (QED) is 0.475. The molecule has 0 radical (unpaired) electrons. The molecule has 0 aliphatic carbocycles. The first-order valence-corrected chi connectivity index (χ1v) is 9.02. The lowest BCUT2D eigenvalue weighted by Gasteiger charge is -2.13. The van der Waals surface area contributed by atoms with E-state index in [4.69, 9.17) is 9.47 Å². The van der Waals surface area contributed by atoms with E-state index in [-0.39, 0.29) is 5.91 Å². The fourth-order valence-corrected chi connectivity index (χ4v) is 2.41. The zero-order chi connectivity index (χ0) is 19.6. The molecule has 3 aromatic rings. The van der Waals surface area contributed by atoms with E-state index < -0.39 is 6.10 Å². The van der Waals surface area contributed by atoms with E-state index in [1.165, 1.54) is 0 Å². The van der Waals surface area contributed by atoms with Crippen molar-refractivity contribution in [1.29, 1.82) is 0 Å². The Kier molecular flexibility index (Phi) is 6.79. The number of carbonyl (C=O) groups excluding carboxylic acids is 1. The van der Waals surface area contributed by atoms with Gasteiger partial charge in [0.15, 0.2) is 6.10 Å². The number of nitrogens with one attached hydrogen (secondary N) is 1. The number of hydrogen-bond donors (Lipinski definition) is 1. The molecule has 28 heavy (non-hydrogen) atoms. The van der Waals surface area contributed by atoms with E-state index in [1.54, 1.807) is 25.3 Å². The number of hydrogen-bond acceptors (Lipinski definition) is 4. The molecular formula is C23H22N2O3. The molecule has 5 heteroatoms. The average Bonchev–Trinajstić information content (AvgIpc) is 2.74. The number of amides is 1. The van der Waals surface area contributed by atoms with Crippen molar-refractivity contribution >= 4 is 12.1 Å². The Bertz CT molecular complexity index is 894. The summed E-state index contributed by atoms with van der Waals surface area (Å²) >= 11 is 0. The molecule has 0 aromatic heterocycles. The summed E-state index contributed by atoms with van der Waals surface area (Å²) < 4.78 is 11.4. The summed E-state index contributed by atoms with van der Waals surface area (Å²) in [6, 6.07) is 26.7. The fourth-order valence-electron chi connectivity index (χ4n) is 2.41. The maximum atomic E-state index is 12.1. The van der Waals surface area contributed by atoms with Crippen LogP contribution in [0, 0.1) is 0 Å². The topological polar surface area (TPSA) is 59.9 Å². The molecule has 3 aromatic carbocycles. The molecule has 5 nitrogen and oxygen atoms in total. The average molecular weight is 374 g/mol. The normalized spacial score (nSPS) is 11.8. The van der Waals surface area contributed by atoms with Gasteiger partial charge >= 0.3 is 0 Å². The highest BCUT2D eigenvalue weighted by atomic mass is 16.5. The Morgan fingerprint density at radius 2 is 1.54 bits per heavy atom. The van der Waals surface area contributed by atoms with Crippen LogP contribution in [0.2, 0.25) is 0 Å². The monoisotopic (exact) mass is 374 g/mol. The van der Waals surface area contributed by atoms with Gasteiger partial charge < -0.3 is 9.47 Å². The number of rotatable bonds is 8. The van der Waals surface area contributed by atoms with E-state index >= 15 is 0 Å². The first kappa shape index (κ1) is 19.2. The predicted molar refractivity (Wildman–Crippen MR) is 109 cm³/mol. The lowest BCUT2D eigenvalue weighted by atomic mass is 10.2. The third kappa shape index (κ3) is 5.99. The lowest BCUT2D eigenvalue weighted by molar-refractivity contribution is -0.127. The number of nitrogens with zero attached hydrogens (tertiary/aromatic N) is 1. The van der Waals surface area contributed by atoms with Crippen LogP contribution in [0.3, 0.4) is 0 Å². The van der Waals surface area contributed by atoms with E-state index in [2.05, 4.69) is 10.5 Å². The Labute approximate surface area is 164 Å². The molecular weight excluding hydrogens is 352 g/mol. The summed E-state index contributed by atoms with van der Waals surface area (Å²) in [6.07, 6.45) is 0.910. The Balaban J connectivity index is 1.46. The van der Waals surface area contributed by atoms with Crippen molar-refractivity contribution in [2.24, 2.45) is 5.10 Å². The summed E-state index contributed by atoms with van der Waals surface area (Å²) in [5.41, 5.74) is 4.49. The van der Waals surface area contributed by atoms with E-state index in [0.717, 1.165) is 16.9 Å². The van der Waals surface area contributed by atoms with Crippen LogP contribution in [0.25, 0.3) is 0 Å². The van der Waals surface area contributed by atoms with Crippen LogP contribution in [0.15, 0.2) is 90.0 Å². The second-order valence-corrected chi connectivity index (χ2v) is 6.15. The maximum Gasteiger partial charge on any atom is 0.280 e. The van der Waals surface area contributed by atoms with Crippen LogP contribution in [-0.4, -0.2) is 18.2 Å². The standard InChI is InChI=1S/C23H22N2O3/c1-18(23(26)25-24-16-19-8-4-2-5-9-19)28-22-14-12-21(13-15-22)27-17-20-10-6-3-7-11-20/h2-16,18H,17H2,1H3,(H,25,26)/b24-16-/t18-/m1/s1. The van der Waals surface area contributed by atoms with Crippen molar-refractivity contribution in [2.75, 3.05) is 0 Å². The van der Waals surface area contributed by atoms with Gasteiger partial charge in [-0.3, -0.25) is 4.79 Å². The second-order valence-electron chi connectivity index (χ2n) is 6.15. The van der Waals surface area contributed by atoms with Crippen molar-refractivity contribution < 1.29 is 14.3 Å². The van der Waals surface area contributed by atoms with E-state index in [1.807, 2.05) is 72.8 Å². The molecule has 0 heterocycles. The largest absolute Gasteiger partial charge is 0.489 e. The third-order valence-corrected chi connectivity index (χ3v) is 3.94. The number of ether oxygens (including phenoxy) is 2. The van der Waals surface area contributed by atoms with Crippen molar-refractivity contribution in [3.63, 3.8) is 0 Å². The molecule has 1 amide bonds. The summed E-state index contributed by atoms with van der Waals surface area (Å²) in [4.78, 5) is 12.1. The molecule has 0 saturated heterocycles. The molecule has 1 atom stereocenters. The Morgan fingerprint density at radius 3 is 2.21 bits per heavy atom. The number of benzene rings is 3. The van der Waals surface area contributed by atoms with Crippen LogP contribution in [0.4, 0.5) is 0 Å². The minimum Gasteiger partial charge on any atom is -0.489 e. The smallest absolute Gasteiger partial charge is 0.280 e. The molecule has 0 spiro atoms. The van der Waals surface area contributed by atoms with Gasteiger partial charge in [0.2, 0.25) is 0 Å². The molecule has 0 bridgehead atoms. The van der Waals surface area contributed by atoms with Gasteiger partial charge in [-0.15, -0.1) is 0 Å². The first-order valence-electron chi connectivity index (χ1n) is 9.02. The van der Waals surface area contributed by atoms with Crippen molar-refractivity contribution in [2.45, 2.75) is 19.6 Å².